The summed E-state index contributed by atoms with van der Waals surface area (Å²) in [5, 5.41) is 5.99. The zero-order valence-corrected chi connectivity index (χ0v) is 13.2. The number of hydrogen-bond acceptors (Lipinski definition) is 3. The fourth-order valence-electron chi connectivity index (χ4n) is 1.69. The van der Waals surface area contributed by atoms with Gasteiger partial charge in [-0.15, -0.1) is 6.42 Å². The van der Waals surface area contributed by atoms with Gasteiger partial charge in [0.1, 0.15) is 5.75 Å². The third-order valence-electron chi connectivity index (χ3n) is 2.77. The number of hydrogen-bond donors (Lipinski definition) is 2. The van der Waals surface area contributed by atoms with Crippen LogP contribution in [0.2, 0.25) is 0 Å². The van der Waals surface area contributed by atoms with Crippen molar-refractivity contribution in [3.05, 3.63) is 29.3 Å². The molecule has 1 rings (SSSR count). The molecule has 0 atom stereocenters. The van der Waals surface area contributed by atoms with Crippen LogP contribution < -0.4 is 15.4 Å². The van der Waals surface area contributed by atoms with Crippen LogP contribution in [0, 0.1) is 19.3 Å². The van der Waals surface area contributed by atoms with E-state index >= 15 is 0 Å². The molecule has 0 saturated carbocycles. The van der Waals surface area contributed by atoms with Gasteiger partial charge in [0.25, 0.3) is 5.91 Å². The van der Waals surface area contributed by atoms with Gasteiger partial charge in [-0.25, -0.2) is 0 Å². The van der Waals surface area contributed by atoms with Crippen LogP contribution in [-0.4, -0.2) is 24.6 Å². The highest BCUT2D eigenvalue weighted by Crippen LogP contribution is 2.20. The summed E-state index contributed by atoms with van der Waals surface area (Å²) >= 11 is 0. The lowest BCUT2D eigenvalue weighted by Crippen LogP contribution is -2.35. The number of rotatable bonds is 6. The summed E-state index contributed by atoms with van der Waals surface area (Å²) in [6, 6.07) is 5.92. The maximum Gasteiger partial charge on any atom is 0.258 e. The lowest BCUT2D eigenvalue weighted by atomic mass is 10.1. The van der Waals surface area contributed by atoms with Crippen molar-refractivity contribution in [1.29, 1.82) is 0 Å². The highest BCUT2D eigenvalue weighted by Gasteiger charge is 2.12. The first-order valence-electron chi connectivity index (χ1n) is 6.99. The molecule has 0 aromatic heterocycles. The minimum Gasteiger partial charge on any atom is -0.483 e. The smallest absolute Gasteiger partial charge is 0.258 e. The van der Waals surface area contributed by atoms with E-state index in [9.17, 15) is 4.79 Å². The van der Waals surface area contributed by atoms with E-state index in [1.807, 2.05) is 19.1 Å². The first-order valence-corrected chi connectivity index (χ1v) is 6.99. The van der Waals surface area contributed by atoms with Gasteiger partial charge < -0.3 is 15.4 Å². The number of nitrogens with one attached hydrogen (secondary N) is 2. The molecule has 0 radical (unpaired) electrons. The van der Waals surface area contributed by atoms with Crippen LogP contribution in [0.25, 0.3) is 0 Å². The van der Waals surface area contributed by atoms with Gasteiger partial charge in [0, 0.05) is 17.6 Å². The minimum atomic E-state index is -0.219. The van der Waals surface area contributed by atoms with Crippen molar-refractivity contribution in [3.63, 3.8) is 0 Å². The molecule has 1 aromatic rings. The number of carbonyl (C=O) groups is 1. The Hall–Kier alpha value is -1.99. The lowest BCUT2D eigenvalue weighted by Gasteiger charge is -2.22. The number of benzene rings is 1. The molecule has 0 aliphatic rings. The van der Waals surface area contributed by atoms with E-state index in [2.05, 4.69) is 43.4 Å². The predicted octanol–water partition coefficient (Wildman–Crippen LogP) is 2.01. The average molecular weight is 288 g/mol. The third kappa shape index (κ3) is 6.82. The molecule has 21 heavy (non-hydrogen) atoms. The van der Waals surface area contributed by atoms with Crippen molar-refractivity contribution in [2.45, 2.75) is 39.8 Å². The molecular weight excluding hydrogens is 264 g/mol. The third-order valence-corrected chi connectivity index (χ3v) is 2.77. The van der Waals surface area contributed by atoms with Crippen molar-refractivity contribution >= 4 is 5.91 Å². The molecule has 0 fully saturated rings. The highest BCUT2D eigenvalue weighted by atomic mass is 16.5. The monoisotopic (exact) mass is 288 g/mol. The number of amides is 1. The lowest BCUT2D eigenvalue weighted by molar-refractivity contribution is -0.122. The van der Waals surface area contributed by atoms with Gasteiger partial charge in [0.2, 0.25) is 0 Å². The average Bonchev–Trinajstić information content (AvgIpc) is 2.41. The highest BCUT2D eigenvalue weighted by molar-refractivity contribution is 5.77. The molecule has 0 heterocycles. The Morgan fingerprint density at radius 3 is 2.71 bits per heavy atom. The molecule has 0 unspecified atom stereocenters. The summed E-state index contributed by atoms with van der Waals surface area (Å²) in [5.41, 5.74) is 2.21. The van der Waals surface area contributed by atoms with Gasteiger partial charge in [0.05, 0.1) is 6.54 Å². The van der Waals surface area contributed by atoms with Gasteiger partial charge in [0.15, 0.2) is 6.61 Å². The number of carbonyl (C=O) groups excluding carboxylic acids is 1. The van der Waals surface area contributed by atoms with Crippen molar-refractivity contribution in [1.82, 2.24) is 10.6 Å². The summed E-state index contributed by atoms with van der Waals surface area (Å²) in [4.78, 5) is 11.5. The van der Waals surface area contributed by atoms with Crippen LogP contribution in [-0.2, 0) is 11.3 Å². The van der Waals surface area contributed by atoms with E-state index < -0.39 is 0 Å². The van der Waals surface area contributed by atoms with Gasteiger partial charge >= 0.3 is 0 Å². The molecule has 4 heteroatoms. The van der Waals surface area contributed by atoms with Gasteiger partial charge in [-0.2, -0.15) is 0 Å². The first-order chi connectivity index (χ1) is 9.81. The molecule has 0 saturated heterocycles. The maximum atomic E-state index is 11.5. The summed E-state index contributed by atoms with van der Waals surface area (Å²) in [6.07, 6.45) is 5.09. The standard InChI is InChI=1S/C17H24N2O2/c1-6-9-18-16(20)12-21-15-8-7-13(2)10-14(15)11-19-17(3,4)5/h1,7-8,10,19H,9,11-12H2,2-5H3,(H,18,20). The molecule has 0 aliphatic heterocycles. The maximum absolute atomic E-state index is 11.5. The Morgan fingerprint density at radius 1 is 1.38 bits per heavy atom. The van der Waals surface area contributed by atoms with E-state index in [1.165, 1.54) is 0 Å². The second-order valence-corrected chi connectivity index (χ2v) is 5.98. The SMILES string of the molecule is C#CCNC(=O)COc1ccc(C)cc1CNC(C)(C)C. The Kier molecular flexibility index (Phi) is 6.26. The minimum absolute atomic E-state index is 0.0190. The summed E-state index contributed by atoms with van der Waals surface area (Å²) in [5.74, 6) is 2.85. The van der Waals surface area contributed by atoms with E-state index in [-0.39, 0.29) is 24.6 Å². The molecule has 0 bridgehead atoms. The zero-order chi connectivity index (χ0) is 15.9. The molecular formula is C17H24N2O2. The van der Waals surface area contributed by atoms with Crippen LogP contribution >= 0.6 is 0 Å². The number of ether oxygens (including phenoxy) is 1. The van der Waals surface area contributed by atoms with E-state index in [0.717, 1.165) is 11.1 Å². The molecule has 0 aliphatic carbocycles. The molecule has 1 amide bonds. The Labute approximate surface area is 127 Å². The fourth-order valence-corrected chi connectivity index (χ4v) is 1.69. The van der Waals surface area contributed by atoms with Crippen molar-refractivity contribution in [3.8, 4) is 18.1 Å². The van der Waals surface area contributed by atoms with E-state index in [4.69, 9.17) is 11.2 Å². The second-order valence-electron chi connectivity index (χ2n) is 5.98. The van der Waals surface area contributed by atoms with Gasteiger partial charge in [-0.05, 0) is 33.8 Å². The quantitative estimate of drug-likeness (QED) is 0.787. The van der Waals surface area contributed by atoms with Gasteiger partial charge in [-0.3, -0.25) is 4.79 Å². The molecule has 2 N–H and O–H groups in total. The van der Waals surface area contributed by atoms with Crippen molar-refractivity contribution < 1.29 is 9.53 Å². The summed E-state index contributed by atoms with van der Waals surface area (Å²) < 4.78 is 5.60. The van der Waals surface area contributed by atoms with Crippen molar-refractivity contribution in [2.75, 3.05) is 13.2 Å². The normalized spacial score (nSPS) is 10.8. The topological polar surface area (TPSA) is 50.4 Å². The number of aryl methyl sites for hydroxylation is 1. The first kappa shape index (κ1) is 17.1. The van der Waals surface area contributed by atoms with Crippen LogP contribution in [0.5, 0.6) is 5.75 Å². The van der Waals surface area contributed by atoms with Crippen LogP contribution in [0.1, 0.15) is 31.9 Å². The number of terminal acetylenes is 1. The molecule has 114 valence electrons. The molecule has 0 spiro atoms. The summed E-state index contributed by atoms with van der Waals surface area (Å²) in [6.45, 7) is 9.22. The van der Waals surface area contributed by atoms with Crippen LogP contribution in [0.4, 0.5) is 0 Å². The van der Waals surface area contributed by atoms with Crippen LogP contribution in [0.3, 0.4) is 0 Å². The largest absolute Gasteiger partial charge is 0.483 e. The molecule has 4 nitrogen and oxygen atoms in total. The predicted molar refractivity (Wildman–Crippen MR) is 85.1 cm³/mol. The fraction of sp³-hybridized carbons (Fsp3) is 0.471. The molecule has 1 aromatic carbocycles. The van der Waals surface area contributed by atoms with Gasteiger partial charge in [-0.1, -0.05) is 23.6 Å². The Morgan fingerprint density at radius 2 is 2.10 bits per heavy atom. The van der Waals surface area contributed by atoms with E-state index in [1.54, 1.807) is 0 Å². The van der Waals surface area contributed by atoms with Crippen molar-refractivity contribution in [2.24, 2.45) is 0 Å². The Balaban J connectivity index is 2.68. The Bertz CT molecular complexity index is 525. The second kappa shape index (κ2) is 7.70. The zero-order valence-electron chi connectivity index (χ0n) is 13.2. The van der Waals surface area contributed by atoms with Crippen LogP contribution in [0.15, 0.2) is 18.2 Å². The summed E-state index contributed by atoms with van der Waals surface area (Å²) in [7, 11) is 0. The van der Waals surface area contributed by atoms with E-state index in [0.29, 0.717) is 12.3 Å².